The molecule has 1 saturated carbocycles. The number of rotatable bonds is 15. The van der Waals surface area contributed by atoms with Crippen molar-refractivity contribution in [2.45, 2.75) is 115 Å². The number of aliphatic hydroxyl groups is 1. The highest BCUT2D eigenvalue weighted by Gasteiger charge is 2.39. The summed E-state index contributed by atoms with van der Waals surface area (Å²) in [6.07, 6.45) is 4.71. The molecule has 15 nitrogen and oxygen atoms in total. The zero-order valence-electron chi connectivity index (χ0n) is 33.8. The Kier molecular flexibility index (Phi) is 12.0. The van der Waals surface area contributed by atoms with Crippen LogP contribution in [0.2, 0.25) is 0 Å². The van der Waals surface area contributed by atoms with Crippen LogP contribution in [0.4, 0.5) is 5.82 Å². The number of anilines is 1. The normalized spacial score (nSPS) is 18.5. The maximum Gasteiger partial charge on any atom is 0.275 e. The Hall–Kier alpha value is -5.38. The fraction of sp³-hybridized carbons (Fsp3) is 0.476. The molecule has 5 aromatic rings. The minimum absolute atomic E-state index is 0.162. The molecule has 3 atom stereocenters. The summed E-state index contributed by atoms with van der Waals surface area (Å²) in [5, 5.41) is 27.6. The number of hydrogen-bond donors (Lipinski definition) is 3. The lowest BCUT2D eigenvalue weighted by atomic mass is 9.77. The standard InChI is InChI=1S/C42H52N8O7/c1-24(37-32-17-27(26(3)56-7)11-13-30(32)39(53)49(47-37)21-35(51)45-29-19-42(6,55)20-29)9-10-25(2)38-33-18-28(41(4,5)57-8)12-14-31(33)40(54)50(48-38)22-36(52)46-34-15-16-43-23-44-34/h11-18,23-26,29,55H,9-10,19-22H2,1-8H3,(H,45,51)(H,43,44,46,52)/t24?,25?,26?,29-,42+. The molecule has 2 amide bonds. The van der Waals surface area contributed by atoms with Crippen LogP contribution < -0.4 is 21.8 Å². The molecule has 1 fully saturated rings. The summed E-state index contributed by atoms with van der Waals surface area (Å²) in [7, 11) is 3.26. The van der Waals surface area contributed by atoms with Crippen molar-refractivity contribution in [3.8, 4) is 0 Å². The number of carbonyl (C=O) groups is 2. The average Bonchev–Trinajstić information content (AvgIpc) is 3.17. The molecule has 6 rings (SSSR count). The second-order valence-electron chi connectivity index (χ2n) is 16.0. The van der Waals surface area contributed by atoms with Gasteiger partial charge in [0.1, 0.15) is 25.2 Å². The van der Waals surface area contributed by atoms with E-state index in [1.165, 1.54) is 21.9 Å². The third-order valence-electron chi connectivity index (χ3n) is 11.2. The number of hydrogen-bond acceptors (Lipinski definition) is 11. The lowest BCUT2D eigenvalue weighted by Gasteiger charge is -2.41. The molecule has 1 aliphatic carbocycles. The highest BCUT2D eigenvalue weighted by Crippen LogP contribution is 2.35. The Bertz CT molecular complexity index is 2400. The van der Waals surface area contributed by atoms with Crippen LogP contribution in [0.25, 0.3) is 21.5 Å². The minimum atomic E-state index is -0.804. The van der Waals surface area contributed by atoms with Gasteiger partial charge in [0.15, 0.2) is 0 Å². The van der Waals surface area contributed by atoms with E-state index in [0.717, 1.165) is 11.1 Å². The molecule has 0 aliphatic heterocycles. The first kappa shape index (κ1) is 41.3. The Morgan fingerprint density at radius 2 is 1.46 bits per heavy atom. The Morgan fingerprint density at radius 1 is 0.877 bits per heavy atom. The molecule has 0 spiro atoms. The van der Waals surface area contributed by atoms with Gasteiger partial charge in [-0.05, 0) is 94.8 Å². The van der Waals surface area contributed by atoms with E-state index < -0.39 is 22.7 Å². The third-order valence-corrected chi connectivity index (χ3v) is 11.2. The van der Waals surface area contributed by atoms with Gasteiger partial charge in [-0.15, -0.1) is 0 Å². The Morgan fingerprint density at radius 3 is 2.00 bits per heavy atom. The van der Waals surface area contributed by atoms with Crippen LogP contribution in [0.5, 0.6) is 0 Å². The van der Waals surface area contributed by atoms with Crippen LogP contribution in [0.15, 0.2) is 64.6 Å². The number of nitrogens with zero attached hydrogens (tertiary/aromatic N) is 6. The van der Waals surface area contributed by atoms with Gasteiger partial charge in [-0.3, -0.25) is 19.2 Å². The van der Waals surface area contributed by atoms with E-state index >= 15 is 0 Å². The molecule has 57 heavy (non-hydrogen) atoms. The highest BCUT2D eigenvalue weighted by molar-refractivity contribution is 5.90. The van der Waals surface area contributed by atoms with Crippen molar-refractivity contribution >= 4 is 39.2 Å². The van der Waals surface area contributed by atoms with Crippen molar-refractivity contribution in [3.63, 3.8) is 0 Å². The van der Waals surface area contributed by atoms with Gasteiger partial charge < -0.3 is 25.2 Å². The van der Waals surface area contributed by atoms with Gasteiger partial charge in [0.05, 0.1) is 39.5 Å². The first-order chi connectivity index (χ1) is 27.0. The van der Waals surface area contributed by atoms with Crippen LogP contribution in [-0.4, -0.2) is 72.3 Å². The van der Waals surface area contributed by atoms with Crippen LogP contribution in [0.1, 0.15) is 108 Å². The molecule has 2 aromatic carbocycles. The van der Waals surface area contributed by atoms with E-state index in [1.54, 1.807) is 39.3 Å². The summed E-state index contributed by atoms with van der Waals surface area (Å²) in [6, 6.07) is 12.5. The predicted molar refractivity (Wildman–Crippen MR) is 216 cm³/mol. The largest absolute Gasteiger partial charge is 0.390 e. The van der Waals surface area contributed by atoms with Crippen molar-refractivity contribution in [2.75, 3.05) is 19.5 Å². The number of aromatic nitrogens is 6. The summed E-state index contributed by atoms with van der Waals surface area (Å²) in [5.74, 6) is -0.883. The minimum Gasteiger partial charge on any atom is -0.390 e. The zero-order valence-corrected chi connectivity index (χ0v) is 33.8. The second kappa shape index (κ2) is 16.6. The molecule has 3 heterocycles. The number of carbonyl (C=O) groups excluding carboxylic acids is 2. The van der Waals surface area contributed by atoms with E-state index in [1.807, 2.05) is 58.9 Å². The summed E-state index contributed by atoms with van der Waals surface area (Å²) in [5.41, 5.74) is 0.834. The second-order valence-corrected chi connectivity index (χ2v) is 16.0. The number of benzene rings is 2. The number of methoxy groups -OCH3 is 2. The van der Waals surface area contributed by atoms with Crippen molar-refractivity contribution < 1.29 is 24.2 Å². The van der Waals surface area contributed by atoms with Crippen molar-refractivity contribution in [1.82, 2.24) is 34.8 Å². The molecular formula is C42H52N8O7. The quantitative estimate of drug-likeness (QED) is 0.132. The fourth-order valence-corrected chi connectivity index (χ4v) is 7.43. The predicted octanol–water partition coefficient (Wildman–Crippen LogP) is 4.84. The lowest BCUT2D eigenvalue weighted by molar-refractivity contribution is -0.125. The fourth-order valence-electron chi connectivity index (χ4n) is 7.43. The zero-order chi connectivity index (χ0) is 41.2. The van der Waals surface area contributed by atoms with Crippen molar-refractivity contribution in [1.29, 1.82) is 0 Å². The molecule has 0 saturated heterocycles. The van der Waals surface area contributed by atoms with Crippen molar-refractivity contribution in [2.24, 2.45) is 0 Å². The summed E-state index contributed by atoms with van der Waals surface area (Å²) in [4.78, 5) is 61.7. The number of fused-ring (bicyclic) bond motifs is 2. The number of nitrogens with one attached hydrogen (secondary N) is 2. The molecule has 0 radical (unpaired) electrons. The smallest absolute Gasteiger partial charge is 0.275 e. The number of ether oxygens (including phenoxy) is 2. The first-order valence-corrected chi connectivity index (χ1v) is 19.3. The maximum absolute atomic E-state index is 13.8. The number of amides is 2. The Labute approximate surface area is 330 Å². The van der Waals surface area contributed by atoms with Crippen LogP contribution in [0.3, 0.4) is 0 Å². The van der Waals surface area contributed by atoms with E-state index in [0.29, 0.717) is 64.4 Å². The molecule has 0 bridgehead atoms. The Balaban J connectivity index is 1.33. The van der Waals surface area contributed by atoms with Gasteiger partial charge in [0, 0.05) is 49.1 Å². The molecule has 302 valence electrons. The van der Waals surface area contributed by atoms with Gasteiger partial charge >= 0.3 is 0 Å². The van der Waals surface area contributed by atoms with E-state index in [2.05, 4.69) is 20.6 Å². The molecule has 3 unspecified atom stereocenters. The summed E-state index contributed by atoms with van der Waals surface area (Å²) in [6.45, 7) is 11.0. The van der Waals surface area contributed by atoms with E-state index in [4.69, 9.17) is 19.7 Å². The van der Waals surface area contributed by atoms with E-state index in [-0.39, 0.29) is 48.5 Å². The van der Waals surface area contributed by atoms with Gasteiger partial charge in [0.2, 0.25) is 11.8 Å². The van der Waals surface area contributed by atoms with Gasteiger partial charge in [-0.1, -0.05) is 26.0 Å². The van der Waals surface area contributed by atoms with Gasteiger partial charge in [-0.25, -0.2) is 19.3 Å². The van der Waals surface area contributed by atoms with Crippen LogP contribution >= 0.6 is 0 Å². The summed E-state index contributed by atoms with van der Waals surface area (Å²) < 4.78 is 13.8. The maximum atomic E-state index is 13.8. The third kappa shape index (κ3) is 9.11. The lowest BCUT2D eigenvalue weighted by Crippen LogP contribution is -2.54. The van der Waals surface area contributed by atoms with Crippen LogP contribution in [-0.2, 0) is 37.8 Å². The SMILES string of the molecule is COC(C)c1ccc2c(=O)n(CC(=O)N[C@H]3C[C@@](C)(O)C3)nc(C(C)CCC(C)c3nn(CC(=O)Nc4ccncn4)c(=O)c4ccc(C(C)(C)OC)cc34)c2c1. The topological polar surface area (TPSA) is 192 Å². The monoisotopic (exact) mass is 780 g/mol. The highest BCUT2D eigenvalue weighted by atomic mass is 16.5. The first-order valence-electron chi connectivity index (χ1n) is 19.3. The summed E-state index contributed by atoms with van der Waals surface area (Å²) >= 11 is 0. The molecular weight excluding hydrogens is 729 g/mol. The molecule has 3 aromatic heterocycles. The molecule has 15 heteroatoms. The van der Waals surface area contributed by atoms with Gasteiger partial charge in [0.25, 0.3) is 11.1 Å². The van der Waals surface area contributed by atoms with E-state index in [9.17, 15) is 24.3 Å². The molecule has 3 N–H and O–H groups in total. The van der Waals surface area contributed by atoms with Crippen LogP contribution in [0, 0.1) is 0 Å². The van der Waals surface area contributed by atoms with Crippen molar-refractivity contribution in [3.05, 3.63) is 98.2 Å². The van der Waals surface area contributed by atoms with Gasteiger partial charge in [-0.2, -0.15) is 10.2 Å². The molecule has 1 aliphatic rings. The average molecular weight is 781 g/mol.